The number of anilines is 1. The second-order valence-electron chi connectivity index (χ2n) is 2.84. The summed E-state index contributed by atoms with van der Waals surface area (Å²) >= 11 is 5.79. The number of nitrogens with one attached hydrogen (secondary N) is 1. The van der Waals surface area contributed by atoms with Gasteiger partial charge < -0.3 is 15.8 Å². The smallest absolute Gasteiger partial charge is 0.253 e. The van der Waals surface area contributed by atoms with Gasteiger partial charge in [-0.2, -0.15) is 0 Å². The van der Waals surface area contributed by atoms with E-state index in [0.717, 1.165) is 0 Å². The van der Waals surface area contributed by atoms with Gasteiger partial charge in [-0.25, -0.2) is 4.98 Å². The van der Waals surface area contributed by atoms with Crippen molar-refractivity contribution >= 4 is 23.3 Å². The third-order valence-electron chi connectivity index (χ3n) is 1.71. The molecule has 1 heterocycles. The van der Waals surface area contributed by atoms with Crippen molar-refractivity contribution in [3.63, 3.8) is 0 Å². The molecule has 0 radical (unpaired) electrons. The number of pyridine rings is 1. The molecular weight excluding hydrogens is 218 g/mol. The maximum atomic E-state index is 11.6. The zero-order valence-corrected chi connectivity index (χ0v) is 9.04. The third kappa shape index (κ3) is 3.38. The molecule has 0 atom stereocenters. The van der Waals surface area contributed by atoms with Crippen LogP contribution in [0.1, 0.15) is 10.4 Å². The lowest BCUT2D eigenvalue weighted by molar-refractivity contribution is 0.0937. The summed E-state index contributed by atoms with van der Waals surface area (Å²) in [5, 5.41) is 2.91. The minimum Gasteiger partial charge on any atom is -0.384 e. The van der Waals surface area contributed by atoms with E-state index in [4.69, 9.17) is 22.1 Å². The van der Waals surface area contributed by atoms with Gasteiger partial charge in [-0.1, -0.05) is 11.6 Å². The van der Waals surface area contributed by atoms with E-state index in [1.807, 2.05) is 0 Å². The van der Waals surface area contributed by atoms with E-state index in [1.165, 1.54) is 12.3 Å². The van der Waals surface area contributed by atoms with Crippen LogP contribution in [0.2, 0.25) is 5.02 Å². The lowest BCUT2D eigenvalue weighted by atomic mass is 10.2. The predicted octanol–water partition coefficient (Wildman–Crippen LogP) is 0.693. The van der Waals surface area contributed by atoms with Gasteiger partial charge >= 0.3 is 0 Å². The first kappa shape index (κ1) is 11.7. The van der Waals surface area contributed by atoms with E-state index in [0.29, 0.717) is 18.7 Å². The Hall–Kier alpha value is -1.33. The average Bonchev–Trinajstić information content (AvgIpc) is 2.22. The zero-order valence-electron chi connectivity index (χ0n) is 8.29. The van der Waals surface area contributed by atoms with E-state index in [9.17, 15) is 4.79 Å². The first-order valence-electron chi connectivity index (χ1n) is 4.33. The molecule has 0 aliphatic heterocycles. The fourth-order valence-corrected chi connectivity index (χ4v) is 1.18. The van der Waals surface area contributed by atoms with Crippen molar-refractivity contribution in [3.8, 4) is 0 Å². The topological polar surface area (TPSA) is 77.2 Å². The molecular formula is C9H12ClN3O2. The molecule has 3 N–H and O–H groups in total. The zero-order chi connectivity index (χ0) is 11.3. The standard InChI is InChI=1S/C9H12ClN3O2/c1-15-3-2-12-9(14)6-4-8(11)13-5-7(6)10/h4-5H,2-3H2,1H3,(H2,11,13)(H,12,14). The van der Waals surface area contributed by atoms with Gasteiger partial charge in [0.1, 0.15) is 5.82 Å². The summed E-state index contributed by atoms with van der Waals surface area (Å²) in [7, 11) is 1.56. The number of hydrogen-bond donors (Lipinski definition) is 2. The molecule has 0 aliphatic rings. The molecule has 0 fully saturated rings. The van der Waals surface area contributed by atoms with Crippen LogP contribution in [0.3, 0.4) is 0 Å². The molecule has 0 saturated heterocycles. The maximum Gasteiger partial charge on any atom is 0.253 e. The largest absolute Gasteiger partial charge is 0.384 e. The predicted molar refractivity (Wildman–Crippen MR) is 57.9 cm³/mol. The molecule has 0 unspecified atom stereocenters. The number of aromatic nitrogens is 1. The molecule has 0 spiro atoms. The van der Waals surface area contributed by atoms with E-state index in [-0.39, 0.29) is 16.7 Å². The monoisotopic (exact) mass is 229 g/mol. The number of carbonyl (C=O) groups excluding carboxylic acids is 1. The first-order chi connectivity index (χ1) is 7.15. The van der Waals surface area contributed by atoms with Gasteiger partial charge in [0.15, 0.2) is 0 Å². The van der Waals surface area contributed by atoms with Crippen molar-refractivity contribution in [2.24, 2.45) is 0 Å². The third-order valence-corrected chi connectivity index (χ3v) is 2.01. The van der Waals surface area contributed by atoms with Gasteiger partial charge in [0.2, 0.25) is 0 Å². The molecule has 6 heteroatoms. The van der Waals surface area contributed by atoms with Gasteiger partial charge in [-0.05, 0) is 6.07 Å². The summed E-state index contributed by atoms with van der Waals surface area (Å²) in [6.07, 6.45) is 1.35. The number of ether oxygens (including phenoxy) is 1. The molecule has 5 nitrogen and oxygen atoms in total. The Bertz CT molecular complexity index is 357. The maximum absolute atomic E-state index is 11.6. The Morgan fingerprint density at radius 1 is 1.73 bits per heavy atom. The highest BCUT2D eigenvalue weighted by Crippen LogP contribution is 2.15. The highest BCUT2D eigenvalue weighted by atomic mass is 35.5. The molecule has 0 aromatic carbocycles. The van der Waals surface area contributed by atoms with Crippen LogP contribution >= 0.6 is 11.6 Å². The highest BCUT2D eigenvalue weighted by Gasteiger charge is 2.10. The van der Waals surface area contributed by atoms with Crippen LogP contribution in [0.25, 0.3) is 0 Å². The van der Waals surface area contributed by atoms with Gasteiger partial charge in [-0.3, -0.25) is 4.79 Å². The highest BCUT2D eigenvalue weighted by molar-refractivity contribution is 6.33. The van der Waals surface area contributed by atoms with Gasteiger partial charge in [0, 0.05) is 19.9 Å². The molecule has 1 amide bonds. The normalized spacial score (nSPS) is 10.0. The summed E-state index contributed by atoms with van der Waals surface area (Å²) < 4.78 is 4.80. The Kier molecular flexibility index (Phi) is 4.33. The van der Waals surface area contributed by atoms with E-state index in [2.05, 4.69) is 10.3 Å². The lowest BCUT2D eigenvalue weighted by Gasteiger charge is -2.06. The summed E-state index contributed by atoms with van der Waals surface area (Å²) in [5.41, 5.74) is 5.77. The minimum atomic E-state index is -0.286. The molecule has 0 bridgehead atoms. The number of nitrogens with two attached hydrogens (primary N) is 1. The number of rotatable bonds is 4. The Balaban J connectivity index is 2.68. The van der Waals surface area contributed by atoms with Crippen molar-refractivity contribution in [1.29, 1.82) is 0 Å². The van der Waals surface area contributed by atoms with Crippen LogP contribution in [-0.2, 0) is 4.74 Å². The SMILES string of the molecule is COCCNC(=O)c1cc(N)ncc1Cl. The van der Waals surface area contributed by atoms with Crippen molar-refractivity contribution in [1.82, 2.24) is 10.3 Å². The average molecular weight is 230 g/mol. The number of nitrogen functional groups attached to an aromatic ring is 1. The number of methoxy groups -OCH3 is 1. The molecule has 0 saturated carbocycles. The van der Waals surface area contributed by atoms with Crippen molar-refractivity contribution in [3.05, 3.63) is 22.8 Å². The van der Waals surface area contributed by atoms with E-state index >= 15 is 0 Å². The molecule has 15 heavy (non-hydrogen) atoms. The van der Waals surface area contributed by atoms with Crippen LogP contribution in [-0.4, -0.2) is 31.2 Å². The first-order valence-corrected chi connectivity index (χ1v) is 4.71. The van der Waals surface area contributed by atoms with Gasteiger partial charge in [0.25, 0.3) is 5.91 Å². The quantitative estimate of drug-likeness (QED) is 0.745. The van der Waals surface area contributed by atoms with Crippen LogP contribution in [0, 0.1) is 0 Å². The number of amides is 1. The van der Waals surface area contributed by atoms with E-state index in [1.54, 1.807) is 7.11 Å². The number of nitrogens with zero attached hydrogens (tertiary/aromatic N) is 1. The fraction of sp³-hybridized carbons (Fsp3) is 0.333. The molecule has 1 aromatic rings. The van der Waals surface area contributed by atoms with Crippen molar-refractivity contribution in [2.75, 3.05) is 26.0 Å². The Morgan fingerprint density at radius 3 is 3.13 bits per heavy atom. The molecule has 0 aliphatic carbocycles. The second-order valence-corrected chi connectivity index (χ2v) is 3.24. The summed E-state index contributed by atoms with van der Waals surface area (Å²) in [6.45, 7) is 0.873. The van der Waals surface area contributed by atoms with Crippen LogP contribution in [0.4, 0.5) is 5.82 Å². The van der Waals surface area contributed by atoms with Crippen LogP contribution < -0.4 is 11.1 Å². The van der Waals surface area contributed by atoms with Gasteiger partial charge in [0.05, 0.1) is 17.2 Å². The van der Waals surface area contributed by atoms with Crippen LogP contribution in [0.5, 0.6) is 0 Å². The Morgan fingerprint density at radius 2 is 2.47 bits per heavy atom. The van der Waals surface area contributed by atoms with E-state index < -0.39 is 0 Å². The lowest BCUT2D eigenvalue weighted by Crippen LogP contribution is -2.27. The number of carbonyl (C=O) groups is 1. The molecule has 1 rings (SSSR count). The fourth-order valence-electron chi connectivity index (χ4n) is 0.991. The molecule has 1 aromatic heterocycles. The minimum absolute atomic E-state index is 0.260. The number of halogens is 1. The van der Waals surface area contributed by atoms with Crippen molar-refractivity contribution < 1.29 is 9.53 Å². The Labute approximate surface area is 92.6 Å². The van der Waals surface area contributed by atoms with Gasteiger partial charge in [-0.15, -0.1) is 0 Å². The summed E-state index contributed by atoms with van der Waals surface area (Å²) in [6, 6.07) is 1.43. The van der Waals surface area contributed by atoms with Crippen LogP contribution in [0.15, 0.2) is 12.3 Å². The molecule has 82 valence electrons. The number of hydrogen-bond acceptors (Lipinski definition) is 4. The second kappa shape index (κ2) is 5.53. The summed E-state index contributed by atoms with van der Waals surface area (Å²) in [4.78, 5) is 15.3. The summed E-state index contributed by atoms with van der Waals surface area (Å²) in [5.74, 6) is -0.0255. The van der Waals surface area contributed by atoms with Crippen molar-refractivity contribution in [2.45, 2.75) is 0 Å².